The predicted octanol–water partition coefficient (Wildman–Crippen LogP) is 3.28. The van der Waals surface area contributed by atoms with Crippen LogP contribution in [-0.2, 0) is 16.6 Å². The molecule has 0 unspecified atom stereocenters. The Morgan fingerprint density at radius 3 is 2.59 bits per heavy atom. The first-order chi connectivity index (χ1) is 13.1. The highest BCUT2D eigenvalue weighted by molar-refractivity contribution is 7.89. The fourth-order valence-corrected chi connectivity index (χ4v) is 5.82. The van der Waals surface area contributed by atoms with Gasteiger partial charge in [-0.3, -0.25) is 4.90 Å². The number of nitriles is 1. The molecule has 0 bridgehead atoms. The number of piperazine rings is 1. The van der Waals surface area contributed by atoms with Crippen LogP contribution in [0.3, 0.4) is 0 Å². The SMILES string of the molecule is N#Cc1cccc(S(=O)(=O)N2CCN(Cc3csc4ccccc34)CC2)c1. The van der Waals surface area contributed by atoms with E-state index >= 15 is 0 Å². The molecule has 27 heavy (non-hydrogen) atoms. The zero-order valence-corrected chi connectivity index (χ0v) is 16.3. The lowest BCUT2D eigenvalue weighted by atomic mass is 10.1. The van der Waals surface area contributed by atoms with Crippen LogP contribution in [0.2, 0.25) is 0 Å². The number of nitrogens with zero attached hydrogens (tertiary/aromatic N) is 3. The molecule has 0 saturated carbocycles. The van der Waals surface area contributed by atoms with Gasteiger partial charge in [-0.15, -0.1) is 11.3 Å². The lowest BCUT2D eigenvalue weighted by Crippen LogP contribution is -2.48. The number of sulfonamides is 1. The van der Waals surface area contributed by atoms with Gasteiger partial charge in [0.05, 0.1) is 16.5 Å². The summed E-state index contributed by atoms with van der Waals surface area (Å²) in [6.45, 7) is 3.15. The average Bonchev–Trinajstić information content (AvgIpc) is 3.11. The zero-order valence-electron chi connectivity index (χ0n) is 14.7. The van der Waals surface area contributed by atoms with Crippen LogP contribution in [-0.4, -0.2) is 43.8 Å². The second kappa shape index (κ2) is 7.41. The van der Waals surface area contributed by atoms with Gasteiger partial charge in [-0.25, -0.2) is 8.42 Å². The third kappa shape index (κ3) is 3.62. The molecule has 3 aromatic rings. The summed E-state index contributed by atoms with van der Waals surface area (Å²) in [7, 11) is -3.56. The summed E-state index contributed by atoms with van der Waals surface area (Å²) in [5.74, 6) is 0. The lowest BCUT2D eigenvalue weighted by molar-refractivity contribution is 0.182. The average molecular weight is 398 g/mol. The minimum atomic E-state index is -3.56. The molecule has 0 atom stereocenters. The first-order valence-corrected chi connectivity index (χ1v) is 11.1. The van der Waals surface area contributed by atoms with E-state index in [-0.39, 0.29) is 4.90 Å². The van der Waals surface area contributed by atoms with Crippen molar-refractivity contribution in [2.75, 3.05) is 26.2 Å². The van der Waals surface area contributed by atoms with E-state index in [4.69, 9.17) is 5.26 Å². The van der Waals surface area contributed by atoms with Gasteiger partial charge < -0.3 is 0 Å². The van der Waals surface area contributed by atoms with Crippen LogP contribution in [0.15, 0.2) is 58.8 Å². The van der Waals surface area contributed by atoms with Crippen LogP contribution in [0, 0.1) is 11.3 Å². The monoisotopic (exact) mass is 397 g/mol. The predicted molar refractivity (Wildman–Crippen MR) is 107 cm³/mol. The maximum Gasteiger partial charge on any atom is 0.243 e. The Hall–Kier alpha value is -2.24. The van der Waals surface area contributed by atoms with Crippen molar-refractivity contribution in [2.24, 2.45) is 0 Å². The molecule has 0 radical (unpaired) electrons. The molecule has 2 heterocycles. The molecular weight excluding hydrogens is 378 g/mol. The minimum Gasteiger partial charge on any atom is -0.296 e. The van der Waals surface area contributed by atoms with E-state index in [2.05, 4.69) is 28.5 Å². The molecule has 0 amide bonds. The fourth-order valence-electron chi connectivity index (χ4n) is 3.40. The van der Waals surface area contributed by atoms with Crippen molar-refractivity contribution in [3.8, 4) is 6.07 Å². The molecule has 2 aromatic carbocycles. The molecule has 5 nitrogen and oxygen atoms in total. The van der Waals surface area contributed by atoms with Crippen molar-refractivity contribution in [1.82, 2.24) is 9.21 Å². The quantitative estimate of drug-likeness (QED) is 0.678. The lowest BCUT2D eigenvalue weighted by Gasteiger charge is -2.33. The van der Waals surface area contributed by atoms with Gasteiger partial charge in [0.15, 0.2) is 0 Å². The van der Waals surface area contributed by atoms with Gasteiger partial charge in [0.25, 0.3) is 0 Å². The van der Waals surface area contributed by atoms with Crippen LogP contribution in [0.1, 0.15) is 11.1 Å². The van der Waals surface area contributed by atoms with Crippen molar-refractivity contribution < 1.29 is 8.42 Å². The largest absolute Gasteiger partial charge is 0.296 e. The highest BCUT2D eigenvalue weighted by Crippen LogP contribution is 2.27. The minimum absolute atomic E-state index is 0.193. The van der Waals surface area contributed by atoms with Crippen molar-refractivity contribution >= 4 is 31.4 Å². The van der Waals surface area contributed by atoms with E-state index in [9.17, 15) is 8.42 Å². The number of hydrogen-bond acceptors (Lipinski definition) is 5. The summed E-state index contributed by atoms with van der Waals surface area (Å²) in [5, 5.41) is 12.5. The molecule has 0 N–H and O–H groups in total. The smallest absolute Gasteiger partial charge is 0.243 e. The normalized spacial score (nSPS) is 16.4. The Morgan fingerprint density at radius 1 is 1.04 bits per heavy atom. The van der Waals surface area contributed by atoms with Crippen LogP contribution in [0.25, 0.3) is 10.1 Å². The van der Waals surface area contributed by atoms with Crippen LogP contribution in [0.5, 0.6) is 0 Å². The Labute approximate surface area is 163 Å². The van der Waals surface area contributed by atoms with Gasteiger partial charge in [0.2, 0.25) is 10.0 Å². The molecule has 0 spiro atoms. The first kappa shape index (κ1) is 18.1. The molecule has 7 heteroatoms. The van der Waals surface area contributed by atoms with E-state index < -0.39 is 10.0 Å². The molecular formula is C20H19N3O2S2. The third-order valence-corrected chi connectivity index (χ3v) is 7.79. The summed E-state index contributed by atoms with van der Waals surface area (Å²) in [5.41, 5.74) is 1.66. The molecule has 1 fully saturated rings. The van der Waals surface area contributed by atoms with Crippen molar-refractivity contribution in [1.29, 1.82) is 5.26 Å². The molecule has 4 rings (SSSR count). The Balaban J connectivity index is 1.45. The summed E-state index contributed by atoms with van der Waals surface area (Å²) in [4.78, 5) is 2.49. The number of thiophene rings is 1. The maximum absolute atomic E-state index is 12.9. The van der Waals surface area contributed by atoms with Gasteiger partial charge in [-0.05, 0) is 40.6 Å². The van der Waals surface area contributed by atoms with Crippen LogP contribution >= 0.6 is 11.3 Å². The highest BCUT2D eigenvalue weighted by atomic mass is 32.2. The van der Waals surface area contributed by atoms with E-state index in [0.29, 0.717) is 31.7 Å². The standard InChI is InChI=1S/C20H19N3O2S2/c21-13-16-4-3-5-18(12-16)27(24,25)23-10-8-22(9-11-23)14-17-15-26-20-7-2-1-6-19(17)20/h1-7,12,15H,8-11,14H2. The van der Waals surface area contributed by atoms with E-state index in [1.807, 2.05) is 12.1 Å². The van der Waals surface area contributed by atoms with E-state index in [1.165, 1.54) is 26.0 Å². The summed E-state index contributed by atoms with van der Waals surface area (Å²) in [6.07, 6.45) is 0. The number of benzene rings is 2. The topological polar surface area (TPSA) is 64.4 Å². The van der Waals surface area contributed by atoms with Crippen molar-refractivity contribution in [3.05, 3.63) is 65.0 Å². The third-order valence-electron chi connectivity index (χ3n) is 4.89. The van der Waals surface area contributed by atoms with E-state index in [0.717, 1.165) is 6.54 Å². The molecule has 1 saturated heterocycles. The Bertz CT molecular complexity index is 1110. The molecule has 1 aliphatic rings. The zero-order chi connectivity index (χ0) is 18.9. The van der Waals surface area contributed by atoms with E-state index in [1.54, 1.807) is 29.5 Å². The van der Waals surface area contributed by atoms with Gasteiger partial charge in [0, 0.05) is 37.4 Å². The first-order valence-electron chi connectivity index (χ1n) is 8.76. The Kier molecular flexibility index (Phi) is 4.98. The summed E-state index contributed by atoms with van der Waals surface area (Å²) < 4.78 is 28.5. The maximum atomic E-state index is 12.9. The van der Waals surface area contributed by atoms with Crippen molar-refractivity contribution in [3.63, 3.8) is 0 Å². The second-order valence-electron chi connectivity index (χ2n) is 6.58. The molecule has 1 aliphatic heterocycles. The number of fused-ring (bicyclic) bond motifs is 1. The summed E-state index contributed by atoms with van der Waals surface area (Å²) in [6, 6.07) is 16.6. The number of hydrogen-bond donors (Lipinski definition) is 0. The molecule has 138 valence electrons. The van der Waals surface area contributed by atoms with Crippen LogP contribution in [0.4, 0.5) is 0 Å². The van der Waals surface area contributed by atoms with Gasteiger partial charge in [0.1, 0.15) is 0 Å². The van der Waals surface area contributed by atoms with Gasteiger partial charge in [-0.1, -0.05) is 24.3 Å². The fraction of sp³-hybridized carbons (Fsp3) is 0.250. The molecule has 0 aliphatic carbocycles. The van der Waals surface area contributed by atoms with Crippen molar-refractivity contribution in [2.45, 2.75) is 11.4 Å². The highest BCUT2D eigenvalue weighted by Gasteiger charge is 2.28. The van der Waals surface area contributed by atoms with Gasteiger partial charge in [-0.2, -0.15) is 9.57 Å². The Morgan fingerprint density at radius 2 is 1.81 bits per heavy atom. The van der Waals surface area contributed by atoms with Crippen LogP contribution < -0.4 is 0 Å². The second-order valence-corrected chi connectivity index (χ2v) is 9.43. The van der Waals surface area contributed by atoms with Gasteiger partial charge >= 0.3 is 0 Å². The molecule has 1 aromatic heterocycles. The summed E-state index contributed by atoms with van der Waals surface area (Å²) >= 11 is 1.75. The number of rotatable bonds is 4.